The van der Waals surface area contributed by atoms with Crippen LogP contribution in [0, 0.1) is 5.82 Å². The van der Waals surface area contributed by atoms with E-state index < -0.39 is 17.8 Å². The summed E-state index contributed by atoms with van der Waals surface area (Å²) in [4.78, 5) is 17.3. The number of aliphatic imine (C=N–C) groups is 1. The standard InChI is InChI=1S/C14H13BrClFN2O2/c1-3-19-12(9-5-4-8(17)6-10(9)15)11(13(20)21)7(2)18-14(19)16/h4-6,12H,3H2,1-2H3,(H,20,21). The Morgan fingerprint density at radius 3 is 2.76 bits per heavy atom. The highest BCUT2D eigenvalue weighted by Gasteiger charge is 2.35. The van der Waals surface area contributed by atoms with E-state index in [0.29, 0.717) is 22.3 Å². The normalized spacial score (nSPS) is 18.8. The van der Waals surface area contributed by atoms with Crippen LogP contribution in [0.2, 0.25) is 0 Å². The van der Waals surface area contributed by atoms with Crippen molar-refractivity contribution in [3.8, 4) is 0 Å². The third-order valence-corrected chi connectivity index (χ3v) is 4.29. The molecule has 0 spiro atoms. The molecule has 0 aliphatic carbocycles. The van der Waals surface area contributed by atoms with Gasteiger partial charge in [0.25, 0.3) is 0 Å². The molecule has 112 valence electrons. The van der Waals surface area contributed by atoms with E-state index >= 15 is 0 Å². The summed E-state index contributed by atoms with van der Waals surface area (Å²) in [6.07, 6.45) is 0. The lowest BCUT2D eigenvalue weighted by molar-refractivity contribution is -0.133. The van der Waals surface area contributed by atoms with Gasteiger partial charge in [0.15, 0.2) is 5.29 Å². The summed E-state index contributed by atoms with van der Waals surface area (Å²) in [5, 5.41) is 9.72. The molecule has 0 amide bonds. The van der Waals surface area contributed by atoms with E-state index in [4.69, 9.17) is 11.6 Å². The van der Waals surface area contributed by atoms with Crippen LogP contribution in [-0.4, -0.2) is 27.8 Å². The predicted molar refractivity (Wildman–Crippen MR) is 82.8 cm³/mol. The number of halogens is 3. The highest BCUT2D eigenvalue weighted by molar-refractivity contribution is 9.10. The van der Waals surface area contributed by atoms with Gasteiger partial charge in [0, 0.05) is 11.0 Å². The van der Waals surface area contributed by atoms with E-state index in [1.165, 1.54) is 12.1 Å². The molecule has 2 rings (SSSR count). The number of hydrogen-bond donors (Lipinski definition) is 1. The number of rotatable bonds is 3. The Morgan fingerprint density at radius 1 is 1.57 bits per heavy atom. The average molecular weight is 376 g/mol. The van der Waals surface area contributed by atoms with Crippen molar-refractivity contribution in [3.63, 3.8) is 0 Å². The van der Waals surface area contributed by atoms with Crippen molar-refractivity contribution >= 4 is 38.8 Å². The van der Waals surface area contributed by atoms with E-state index in [1.54, 1.807) is 17.9 Å². The second-order valence-corrected chi connectivity index (χ2v) is 5.73. The minimum atomic E-state index is -1.07. The van der Waals surface area contributed by atoms with Crippen LogP contribution < -0.4 is 0 Å². The maximum Gasteiger partial charge on any atom is 0.335 e. The van der Waals surface area contributed by atoms with Gasteiger partial charge in [-0.3, -0.25) is 0 Å². The number of carboxylic acids is 1. The monoisotopic (exact) mass is 374 g/mol. The van der Waals surface area contributed by atoms with Gasteiger partial charge in [-0.05, 0) is 43.1 Å². The van der Waals surface area contributed by atoms with Crippen molar-refractivity contribution in [2.75, 3.05) is 6.54 Å². The Hall–Kier alpha value is -1.40. The molecule has 0 aromatic heterocycles. The Kier molecular flexibility index (Phi) is 4.68. The molecular weight excluding hydrogens is 363 g/mol. The van der Waals surface area contributed by atoms with Gasteiger partial charge < -0.3 is 10.0 Å². The first-order chi connectivity index (χ1) is 9.86. The first-order valence-corrected chi connectivity index (χ1v) is 7.43. The number of nitrogens with zero attached hydrogens (tertiary/aromatic N) is 2. The Bertz CT molecular complexity index is 660. The Morgan fingerprint density at radius 2 is 2.24 bits per heavy atom. The summed E-state index contributed by atoms with van der Waals surface area (Å²) in [5.74, 6) is -1.47. The van der Waals surface area contributed by atoms with Crippen molar-refractivity contribution in [3.05, 3.63) is 45.3 Å². The fraction of sp³-hybridized carbons (Fsp3) is 0.286. The molecule has 1 heterocycles. The second-order valence-electron chi connectivity index (χ2n) is 4.54. The van der Waals surface area contributed by atoms with E-state index in [1.807, 2.05) is 6.92 Å². The van der Waals surface area contributed by atoms with Crippen molar-refractivity contribution in [1.82, 2.24) is 4.90 Å². The molecule has 0 bridgehead atoms. The van der Waals surface area contributed by atoms with E-state index in [-0.39, 0.29) is 10.9 Å². The highest BCUT2D eigenvalue weighted by atomic mass is 79.9. The molecule has 0 saturated heterocycles. The van der Waals surface area contributed by atoms with Crippen molar-refractivity contribution in [1.29, 1.82) is 0 Å². The first kappa shape index (κ1) is 16.0. The van der Waals surface area contributed by atoms with Gasteiger partial charge in [0.1, 0.15) is 5.82 Å². The summed E-state index contributed by atoms with van der Waals surface area (Å²) in [6.45, 7) is 3.92. The van der Waals surface area contributed by atoms with Gasteiger partial charge in [-0.1, -0.05) is 22.0 Å². The first-order valence-electron chi connectivity index (χ1n) is 6.26. The maximum atomic E-state index is 13.3. The molecule has 4 nitrogen and oxygen atoms in total. The molecule has 0 saturated carbocycles. The highest BCUT2D eigenvalue weighted by Crippen LogP contribution is 2.38. The van der Waals surface area contributed by atoms with E-state index in [9.17, 15) is 14.3 Å². The van der Waals surface area contributed by atoms with Crippen LogP contribution in [0.15, 0.2) is 38.9 Å². The molecule has 1 aliphatic heterocycles. The molecule has 1 aromatic carbocycles. The molecule has 21 heavy (non-hydrogen) atoms. The van der Waals surface area contributed by atoms with Gasteiger partial charge in [0.05, 0.1) is 17.3 Å². The summed E-state index contributed by atoms with van der Waals surface area (Å²) in [7, 11) is 0. The largest absolute Gasteiger partial charge is 0.478 e. The summed E-state index contributed by atoms with van der Waals surface area (Å²) in [5.41, 5.74) is 1.11. The zero-order chi connectivity index (χ0) is 15.7. The summed E-state index contributed by atoms with van der Waals surface area (Å²) in [6, 6.07) is 3.53. The molecule has 1 aliphatic rings. The minimum absolute atomic E-state index is 0.133. The van der Waals surface area contributed by atoms with Crippen LogP contribution >= 0.6 is 27.5 Å². The SMILES string of the molecule is CCN1C(Cl)=NC(C)=C(C(=O)O)C1c1ccc(F)cc1Br. The third kappa shape index (κ3) is 2.96. The molecule has 0 fully saturated rings. The van der Waals surface area contributed by atoms with Crippen molar-refractivity contribution in [2.45, 2.75) is 19.9 Å². The number of allylic oxidation sites excluding steroid dienone is 1. The van der Waals surface area contributed by atoms with Gasteiger partial charge in [-0.15, -0.1) is 0 Å². The van der Waals surface area contributed by atoms with Crippen molar-refractivity contribution < 1.29 is 14.3 Å². The number of aliphatic carboxylic acids is 1. The van der Waals surface area contributed by atoms with E-state index in [2.05, 4.69) is 20.9 Å². The fourth-order valence-corrected chi connectivity index (χ4v) is 3.27. The molecule has 7 heteroatoms. The topological polar surface area (TPSA) is 52.9 Å². The van der Waals surface area contributed by atoms with Crippen LogP contribution in [0.5, 0.6) is 0 Å². The Labute approximate surface area is 135 Å². The zero-order valence-corrected chi connectivity index (χ0v) is 13.7. The van der Waals surface area contributed by atoms with Crippen LogP contribution in [0.1, 0.15) is 25.5 Å². The maximum absolute atomic E-state index is 13.3. The zero-order valence-electron chi connectivity index (χ0n) is 11.4. The van der Waals surface area contributed by atoms with Crippen molar-refractivity contribution in [2.24, 2.45) is 4.99 Å². The van der Waals surface area contributed by atoms with Gasteiger partial charge in [0.2, 0.25) is 0 Å². The fourth-order valence-electron chi connectivity index (χ4n) is 2.35. The molecule has 1 unspecified atom stereocenters. The van der Waals surface area contributed by atoms with Crippen LogP contribution in [0.3, 0.4) is 0 Å². The number of likely N-dealkylation sites (N-methyl/N-ethyl adjacent to an activating group) is 1. The van der Waals surface area contributed by atoms with Gasteiger partial charge in [-0.2, -0.15) is 0 Å². The lowest BCUT2D eigenvalue weighted by atomic mass is 9.94. The lowest BCUT2D eigenvalue weighted by Gasteiger charge is -2.35. The number of hydrogen-bond acceptors (Lipinski definition) is 3. The Balaban J connectivity index is 2.66. The second kappa shape index (κ2) is 6.15. The number of amidine groups is 1. The quantitative estimate of drug-likeness (QED) is 0.815. The molecular formula is C14H13BrClFN2O2. The summed E-state index contributed by atoms with van der Waals surface area (Å²) >= 11 is 9.43. The molecule has 1 N–H and O–H groups in total. The number of carbonyl (C=O) groups is 1. The molecule has 0 radical (unpaired) electrons. The van der Waals surface area contributed by atoms with Crippen LogP contribution in [-0.2, 0) is 4.79 Å². The molecule has 1 atom stereocenters. The minimum Gasteiger partial charge on any atom is -0.478 e. The van der Waals surface area contributed by atoms with Crippen LogP contribution in [0.25, 0.3) is 0 Å². The van der Waals surface area contributed by atoms with Gasteiger partial charge >= 0.3 is 5.97 Å². The number of carboxylic acid groups (broad SMARTS) is 1. The predicted octanol–water partition coefficient (Wildman–Crippen LogP) is 3.92. The molecule has 1 aromatic rings. The van der Waals surface area contributed by atoms with E-state index in [0.717, 1.165) is 0 Å². The average Bonchev–Trinajstić information content (AvgIpc) is 2.37. The van der Waals surface area contributed by atoms with Crippen LogP contribution in [0.4, 0.5) is 4.39 Å². The third-order valence-electron chi connectivity index (χ3n) is 3.30. The smallest absolute Gasteiger partial charge is 0.335 e. The number of benzene rings is 1. The summed E-state index contributed by atoms with van der Waals surface area (Å²) < 4.78 is 13.8. The van der Waals surface area contributed by atoms with Gasteiger partial charge in [-0.25, -0.2) is 14.2 Å². The lowest BCUT2D eigenvalue weighted by Crippen LogP contribution is -2.38.